The molecule has 0 spiro atoms. The Balaban J connectivity index is 1.56. The number of amides is 1. The molecule has 4 rings (SSSR count). The Morgan fingerprint density at radius 3 is 2.30 bits per heavy atom. The first kappa shape index (κ1) is 28.2. The number of anilines is 2. The van der Waals surface area contributed by atoms with E-state index >= 15 is 0 Å². The van der Waals surface area contributed by atoms with Gasteiger partial charge in [-0.15, -0.1) is 0 Å². The zero-order valence-corrected chi connectivity index (χ0v) is 22.6. The molecule has 8 heteroatoms. The first-order chi connectivity index (χ1) is 19.2. The van der Waals surface area contributed by atoms with Crippen LogP contribution in [0.25, 0.3) is 0 Å². The first-order valence-electron chi connectivity index (χ1n) is 12.9. The van der Waals surface area contributed by atoms with Crippen LogP contribution in [0.5, 0.6) is 17.2 Å². The number of nitrogens with one attached hydrogen (secondary N) is 1. The van der Waals surface area contributed by atoms with Crippen LogP contribution in [0.1, 0.15) is 29.2 Å². The summed E-state index contributed by atoms with van der Waals surface area (Å²) in [6, 6.07) is 24.6. The van der Waals surface area contributed by atoms with Gasteiger partial charge in [0.1, 0.15) is 23.1 Å². The number of hydrogen-bond donors (Lipinski definition) is 2. The van der Waals surface area contributed by atoms with Crippen molar-refractivity contribution >= 4 is 23.3 Å². The summed E-state index contributed by atoms with van der Waals surface area (Å²) in [6.45, 7) is 6.19. The summed E-state index contributed by atoms with van der Waals surface area (Å²) in [4.78, 5) is 25.7. The summed E-state index contributed by atoms with van der Waals surface area (Å²) in [7, 11) is 0. The minimum absolute atomic E-state index is 0.109. The molecule has 0 bridgehead atoms. The summed E-state index contributed by atoms with van der Waals surface area (Å²) in [6.07, 6.45) is 0. The van der Waals surface area contributed by atoms with Crippen LogP contribution in [0.2, 0.25) is 0 Å². The lowest BCUT2D eigenvalue weighted by Crippen LogP contribution is -2.25. The molecule has 0 unspecified atom stereocenters. The zero-order chi connectivity index (χ0) is 28.6. The minimum atomic E-state index is -0.947. The van der Waals surface area contributed by atoms with E-state index in [0.717, 1.165) is 22.4 Å². The van der Waals surface area contributed by atoms with E-state index in [-0.39, 0.29) is 18.2 Å². The number of nitrogens with zero attached hydrogens (tertiary/aromatic N) is 1. The number of esters is 1. The number of hydrogen-bond acceptors (Lipinski definition) is 6. The number of carbonyl (C=O) groups is 2. The molecule has 0 aliphatic heterocycles. The molecule has 0 radical (unpaired) electrons. The number of benzene rings is 4. The second kappa shape index (κ2) is 12.8. The monoisotopic (exact) mass is 542 g/mol. The third-order valence-electron chi connectivity index (χ3n) is 6.19. The van der Waals surface area contributed by atoms with Crippen molar-refractivity contribution in [1.82, 2.24) is 0 Å². The fourth-order valence-electron chi connectivity index (χ4n) is 4.37. The van der Waals surface area contributed by atoms with E-state index in [9.17, 15) is 19.1 Å². The molecule has 4 aromatic carbocycles. The molecular formula is C32H31FN2O5. The van der Waals surface area contributed by atoms with E-state index in [1.807, 2.05) is 55.1 Å². The molecule has 0 fully saturated rings. The van der Waals surface area contributed by atoms with Crippen molar-refractivity contribution in [2.45, 2.75) is 33.9 Å². The zero-order valence-electron chi connectivity index (χ0n) is 22.6. The van der Waals surface area contributed by atoms with E-state index in [2.05, 4.69) is 5.32 Å². The molecule has 0 saturated heterocycles. The third kappa shape index (κ3) is 7.17. The molecule has 0 aliphatic carbocycles. The lowest BCUT2D eigenvalue weighted by atomic mass is 10.1. The van der Waals surface area contributed by atoms with E-state index in [1.165, 1.54) is 12.1 Å². The molecule has 4 aromatic rings. The Kier molecular flexibility index (Phi) is 9.01. The number of phenols is 1. The van der Waals surface area contributed by atoms with Crippen molar-refractivity contribution < 1.29 is 28.6 Å². The van der Waals surface area contributed by atoms with Gasteiger partial charge in [0.25, 0.3) is 0 Å². The second-order valence-corrected chi connectivity index (χ2v) is 9.33. The Morgan fingerprint density at radius 2 is 1.62 bits per heavy atom. The number of halogens is 1. The molecule has 0 saturated carbocycles. The van der Waals surface area contributed by atoms with E-state index in [1.54, 1.807) is 43.3 Å². The Labute approximate surface area is 232 Å². The van der Waals surface area contributed by atoms with Gasteiger partial charge in [-0.25, -0.2) is 9.18 Å². The molecular weight excluding hydrogens is 511 g/mol. The maximum absolute atomic E-state index is 13.9. The summed E-state index contributed by atoms with van der Waals surface area (Å²) in [5.74, 6) is -0.888. The Bertz CT molecular complexity index is 1480. The molecule has 2 N–H and O–H groups in total. The van der Waals surface area contributed by atoms with Gasteiger partial charge in [-0.2, -0.15) is 0 Å². The van der Waals surface area contributed by atoms with Gasteiger partial charge in [-0.3, -0.25) is 4.79 Å². The number of aryl methyl sites for hydroxylation is 2. The largest absolute Gasteiger partial charge is 0.508 e. The number of carbonyl (C=O) groups excluding carboxylic acids is 2. The number of aromatic hydroxyl groups is 1. The minimum Gasteiger partial charge on any atom is -0.508 e. The Morgan fingerprint density at radius 1 is 0.900 bits per heavy atom. The molecule has 206 valence electrons. The van der Waals surface area contributed by atoms with Crippen molar-refractivity contribution in [3.05, 3.63) is 113 Å². The maximum Gasteiger partial charge on any atom is 0.397 e. The van der Waals surface area contributed by atoms with Crippen LogP contribution in [-0.4, -0.2) is 23.6 Å². The van der Waals surface area contributed by atoms with Crippen LogP contribution < -0.4 is 15.0 Å². The van der Waals surface area contributed by atoms with Gasteiger partial charge in [-0.1, -0.05) is 30.3 Å². The molecule has 0 aliphatic rings. The fraction of sp³-hybridized carbons (Fsp3) is 0.188. The van der Waals surface area contributed by atoms with Crippen LogP contribution in [0.4, 0.5) is 15.8 Å². The maximum atomic E-state index is 13.9. The van der Waals surface area contributed by atoms with Crippen LogP contribution in [0, 0.1) is 19.7 Å². The van der Waals surface area contributed by atoms with Gasteiger partial charge in [0.05, 0.1) is 6.61 Å². The van der Waals surface area contributed by atoms with Crippen molar-refractivity contribution in [2.24, 2.45) is 0 Å². The third-order valence-corrected chi connectivity index (χ3v) is 6.19. The molecule has 0 aromatic heterocycles. The number of para-hydroxylation sites is 1. The van der Waals surface area contributed by atoms with Gasteiger partial charge in [0.2, 0.25) is 0 Å². The standard InChI is InChI=1S/C32H31FN2O5/c1-4-39-32(38)31(37)34-26-15-21(2)30(22(3)16-26)40-28-13-14-29(36)24(18-28)20-35(27-11-6-5-7-12-27)19-23-9-8-10-25(33)17-23/h5-18,36H,4,19-20H2,1-3H3,(H,34,37). The SMILES string of the molecule is CCOC(=O)C(=O)Nc1cc(C)c(Oc2ccc(O)c(CN(Cc3cccc(F)c3)c3ccccc3)c2)c(C)c1. The van der Waals surface area contributed by atoms with E-state index < -0.39 is 11.9 Å². The number of rotatable bonds is 9. The highest BCUT2D eigenvalue weighted by atomic mass is 19.1. The number of phenolic OH excluding ortho intramolecular Hbond substituents is 1. The highest BCUT2D eigenvalue weighted by molar-refractivity contribution is 6.37. The Hall–Kier alpha value is -4.85. The van der Waals surface area contributed by atoms with Gasteiger partial charge in [0, 0.05) is 30.0 Å². The molecule has 40 heavy (non-hydrogen) atoms. The predicted molar refractivity (Wildman–Crippen MR) is 152 cm³/mol. The van der Waals surface area contributed by atoms with Crippen molar-refractivity contribution in [1.29, 1.82) is 0 Å². The van der Waals surface area contributed by atoms with Crippen molar-refractivity contribution in [3.63, 3.8) is 0 Å². The van der Waals surface area contributed by atoms with Crippen LogP contribution >= 0.6 is 0 Å². The summed E-state index contributed by atoms with van der Waals surface area (Å²) >= 11 is 0. The fourth-order valence-corrected chi connectivity index (χ4v) is 4.37. The highest BCUT2D eigenvalue weighted by Gasteiger charge is 2.17. The number of ether oxygens (including phenoxy) is 2. The van der Waals surface area contributed by atoms with Crippen LogP contribution in [-0.2, 0) is 27.4 Å². The summed E-state index contributed by atoms with van der Waals surface area (Å²) in [5, 5.41) is 13.2. The quantitative estimate of drug-likeness (QED) is 0.182. The average molecular weight is 543 g/mol. The predicted octanol–water partition coefficient (Wildman–Crippen LogP) is 6.65. The van der Waals surface area contributed by atoms with Crippen LogP contribution in [0.3, 0.4) is 0 Å². The average Bonchev–Trinajstić information content (AvgIpc) is 2.92. The lowest BCUT2D eigenvalue weighted by Gasteiger charge is -2.26. The van der Waals surface area contributed by atoms with Gasteiger partial charge in [-0.05, 0) is 92.1 Å². The summed E-state index contributed by atoms with van der Waals surface area (Å²) in [5.41, 5.74) is 4.28. The highest BCUT2D eigenvalue weighted by Crippen LogP contribution is 2.34. The molecule has 7 nitrogen and oxygen atoms in total. The normalized spacial score (nSPS) is 10.6. The smallest absolute Gasteiger partial charge is 0.397 e. The first-order valence-corrected chi connectivity index (χ1v) is 12.9. The molecule has 0 atom stereocenters. The topological polar surface area (TPSA) is 88.1 Å². The van der Waals surface area contributed by atoms with Gasteiger partial charge in [0.15, 0.2) is 0 Å². The lowest BCUT2D eigenvalue weighted by molar-refractivity contribution is -0.152. The van der Waals surface area contributed by atoms with Gasteiger partial charge < -0.3 is 24.8 Å². The summed E-state index contributed by atoms with van der Waals surface area (Å²) < 4.78 is 24.8. The second-order valence-electron chi connectivity index (χ2n) is 9.33. The van der Waals surface area contributed by atoms with Gasteiger partial charge >= 0.3 is 11.9 Å². The van der Waals surface area contributed by atoms with Crippen molar-refractivity contribution in [3.8, 4) is 17.2 Å². The van der Waals surface area contributed by atoms with Crippen LogP contribution in [0.15, 0.2) is 84.9 Å². The molecule has 0 heterocycles. The van der Waals surface area contributed by atoms with E-state index in [4.69, 9.17) is 9.47 Å². The molecule has 1 amide bonds. The van der Waals surface area contributed by atoms with Crippen molar-refractivity contribution in [2.75, 3.05) is 16.8 Å². The van der Waals surface area contributed by atoms with E-state index in [0.29, 0.717) is 35.8 Å².